The number of nitrogens with one attached hydrogen (secondary N) is 1. The molecule has 0 spiro atoms. The highest BCUT2D eigenvalue weighted by Gasteiger charge is 2.11. The minimum atomic E-state index is -0.446. The van der Waals surface area contributed by atoms with Crippen LogP contribution in [0.1, 0.15) is 16.9 Å². The van der Waals surface area contributed by atoms with Crippen molar-refractivity contribution in [3.63, 3.8) is 0 Å². The summed E-state index contributed by atoms with van der Waals surface area (Å²) in [5.74, 6) is -0.0337. The predicted molar refractivity (Wildman–Crippen MR) is 65.0 cm³/mol. The van der Waals surface area contributed by atoms with Gasteiger partial charge in [-0.2, -0.15) is 0 Å². The maximum absolute atomic E-state index is 13.1. The fourth-order valence-electron chi connectivity index (χ4n) is 1.58. The lowest BCUT2D eigenvalue weighted by Gasteiger charge is -2.15. The maximum Gasteiger partial charge on any atom is 0.269 e. The van der Waals surface area contributed by atoms with Crippen LogP contribution in [0.25, 0.3) is 0 Å². The van der Waals surface area contributed by atoms with Gasteiger partial charge in [0.15, 0.2) is 0 Å². The van der Waals surface area contributed by atoms with Crippen molar-refractivity contribution in [3.8, 4) is 5.75 Å². The van der Waals surface area contributed by atoms with Crippen LogP contribution in [0.2, 0.25) is 0 Å². The first-order valence-corrected chi connectivity index (χ1v) is 5.56. The molecule has 0 aliphatic heterocycles. The number of pyridine rings is 1. The summed E-state index contributed by atoms with van der Waals surface area (Å²) >= 11 is 0. The number of carbonyl (C=O) groups excluding carboxylic acids is 1. The Morgan fingerprint density at radius 1 is 1.61 bits per heavy atom. The van der Waals surface area contributed by atoms with E-state index in [0.29, 0.717) is 12.2 Å². The van der Waals surface area contributed by atoms with E-state index in [4.69, 9.17) is 4.74 Å². The number of ether oxygens (including phenoxy) is 1. The third-order valence-corrected chi connectivity index (χ3v) is 2.45. The number of allylic oxidation sites excluding steroid dienone is 2. The molecule has 4 nitrogen and oxygen atoms in total. The lowest BCUT2D eigenvalue weighted by Crippen LogP contribution is -2.19. The van der Waals surface area contributed by atoms with Crippen LogP contribution in [0.15, 0.2) is 42.4 Å². The van der Waals surface area contributed by atoms with Crippen molar-refractivity contribution in [2.45, 2.75) is 12.5 Å². The van der Waals surface area contributed by atoms with Crippen molar-refractivity contribution >= 4 is 5.91 Å². The highest BCUT2D eigenvalue weighted by molar-refractivity contribution is 5.92. The van der Waals surface area contributed by atoms with Gasteiger partial charge in [-0.3, -0.25) is 9.78 Å². The zero-order chi connectivity index (χ0) is 13.0. The summed E-state index contributed by atoms with van der Waals surface area (Å²) in [6, 6.07) is 3.15. The van der Waals surface area contributed by atoms with E-state index in [1.807, 2.05) is 0 Å². The second-order valence-corrected chi connectivity index (χ2v) is 3.78. The molecule has 0 saturated carbocycles. The van der Waals surface area contributed by atoms with Crippen LogP contribution in [0.3, 0.4) is 0 Å². The quantitative estimate of drug-likeness (QED) is 0.832. The fraction of sp³-hybridized carbons (Fsp3) is 0.231. The van der Waals surface area contributed by atoms with Gasteiger partial charge in [-0.05, 0) is 18.2 Å². The summed E-state index contributed by atoms with van der Waals surface area (Å²) in [6.07, 6.45) is 6.22. The van der Waals surface area contributed by atoms with Crippen molar-refractivity contribution in [2.24, 2.45) is 0 Å². The summed E-state index contributed by atoms with van der Waals surface area (Å²) in [6.45, 7) is 0. The van der Waals surface area contributed by atoms with Gasteiger partial charge in [0.2, 0.25) is 0 Å². The molecule has 1 aromatic heterocycles. The average Bonchev–Trinajstić information content (AvgIpc) is 2.38. The van der Waals surface area contributed by atoms with Crippen molar-refractivity contribution < 1.29 is 13.9 Å². The molecule has 0 radical (unpaired) electrons. The van der Waals surface area contributed by atoms with Crippen molar-refractivity contribution in [3.05, 3.63) is 48.1 Å². The van der Waals surface area contributed by atoms with Gasteiger partial charge in [0, 0.05) is 25.7 Å². The molecule has 0 aromatic carbocycles. The van der Waals surface area contributed by atoms with Gasteiger partial charge in [0.05, 0.1) is 0 Å². The lowest BCUT2D eigenvalue weighted by molar-refractivity contribution is 0.0957. The van der Waals surface area contributed by atoms with E-state index in [2.05, 4.69) is 10.3 Å². The molecule has 1 aliphatic carbocycles. The Morgan fingerprint density at radius 3 is 3.17 bits per heavy atom. The van der Waals surface area contributed by atoms with E-state index in [1.165, 1.54) is 25.4 Å². The van der Waals surface area contributed by atoms with E-state index in [1.54, 1.807) is 18.2 Å². The van der Waals surface area contributed by atoms with E-state index >= 15 is 0 Å². The largest absolute Gasteiger partial charge is 0.482 e. The molecular formula is C13H13FN2O2. The molecule has 2 rings (SSSR count). The molecule has 1 heterocycles. The number of hydrogen-bond donors (Lipinski definition) is 1. The van der Waals surface area contributed by atoms with Crippen LogP contribution < -0.4 is 10.1 Å². The Morgan fingerprint density at radius 2 is 2.44 bits per heavy atom. The van der Waals surface area contributed by atoms with Gasteiger partial charge in [-0.1, -0.05) is 6.08 Å². The number of hydrogen-bond acceptors (Lipinski definition) is 3. The first kappa shape index (κ1) is 12.3. The molecule has 1 aromatic rings. The smallest absolute Gasteiger partial charge is 0.269 e. The summed E-state index contributed by atoms with van der Waals surface area (Å²) < 4.78 is 18.6. The average molecular weight is 248 g/mol. The molecule has 1 atom stereocenters. The van der Waals surface area contributed by atoms with Crippen LogP contribution in [0.5, 0.6) is 5.75 Å². The van der Waals surface area contributed by atoms with Crippen molar-refractivity contribution in [1.29, 1.82) is 0 Å². The number of carbonyl (C=O) groups is 1. The number of amides is 1. The molecular weight excluding hydrogens is 235 g/mol. The third kappa shape index (κ3) is 2.94. The summed E-state index contributed by atoms with van der Waals surface area (Å²) in [7, 11) is 1.53. The second kappa shape index (κ2) is 5.44. The van der Waals surface area contributed by atoms with Crippen LogP contribution >= 0.6 is 0 Å². The van der Waals surface area contributed by atoms with Gasteiger partial charge in [-0.15, -0.1) is 0 Å². The van der Waals surface area contributed by atoms with E-state index in [-0.39, 0.29) is 17.4 Å². The van der Waals surface area contributed by atoms with E-state index in [0.717, 1.165) is 0 Å². The van der Waals surface area contributed by atoms with Crippen LogP contribution in [-0.2, 0) is 0 Å². The number of rotatable bonds is 3. The van der Waals surface area contributed by atoms with Gasteiger partial charge in [0.25, 0.3) is 5.91 Å². The Balaban J connectivity index is 2.12. The topological polar surface area (TPSA) is 51.2 Å². The highest BCUT2D eigenvalue weighted by atomic mass is 19.1. The van der Waals surface area contributed by atoms with Gasteiger partial charge >= 0.3 is 0 Å². The van der Waals surface area contributed by atoms with Crippen LogP contribution in [-0.4, -0.2) is 24.0 Å². The Bertz CT molecular complexity index is 511. The Labute approximate surface area is 104 Å². The zero-order valence-electron chi connectivity index (χ0n) is 9.89. The van der Waals surface area contributed by atoms with Crippen molar-refractivity contribution in [2.75, 3.05) is 7.05 Å². The summed E-state index contributed by atoms with van der Waals surface area (Å²) in [5.41, 5.74) is 0.263. The zero-order valence-corrected chi connectivity index (χ0v) is 9.89. The molecule has 0 bridgehead atoms. The number of halogens is 1. The monoisotopic (exact) mass is 248 g/mol. The van der Waals surface area contributed by atoms with E-state index < -0.39 is 6.10 Å². The lowest BCUT2D eigenvalue weighted by atomic mass is 10.1. The van der Waals surface area contributed by atoms with Crippen molar-refractivity contribution in [1.82, 2.24) is 10.3 Å². The third-order valence-electron chi connectivity index (χ3n) is 2.45. The fourth-order valence-corrected chi connectivity index (χ4v) is 1.58. The summed E-state index contributed by atoms with van der Waals surface area (Å²) in [4.78, 5) is 15.3. The predicted octanol–water partition coefficient (Wildman–Crippen LogP) is 2.00. The normalized spacial score (nSPS) is 18.1. The van der Waals surface area contributed by atoms with E-state index in [9.17, 15) is 9.18 Å². The molecule has 1 unspecified atom stereocenters. The second-order valence-electron chi connectivity index (χ2n) is 3.78. The maximum atomic E-state index is 13.1. The SMILES string of the molecule is CNC(=O)c1cc(OC2C=CCC(F)=C2)ccn1. The first-order chi connectivity index (χ1) is 8.69. The molecule has 94 valence electrons. The van der Waals surface area contributed by atoms with Crippen LogP contribution in [0.4, 0.5) is 4.39 Å². The molecule has 1 aliphatic rings. The molecule has 5 heteroatoms. The van der Waals surface area contributed by atoms with Gasteiger partial charge in [-0.25, -0.2) is 4.39 Å². The Hall–Kier alpha value is -2.17. The highest BCUT2D eigenvalue weighted by Crippen LogP contribution is 2.19. The molecule has 0 saturated heterocycles. The summed E-state index contributed by atoms with van der Waals surface area (Å²) in [5, 5.41) is 2.48. The standard InChI is InChI=1S/C13H13FN2O2/c1-15-13(17)12-8-11(5-6-16-12)18-10-4-2-3-9(14)7-10/h2,4-8,10H,3H2,1H3,(H,15,17). The molecule has 1 N–H and O–H groups in total. The first-order valence-electron chi connectivity index (χ1n) is 5.56. The number of aromatic nitrogens is 1. The Kier molecular flexibility index (Phi) is 3.72. The minimum absolute atomic E-state index is 0.219. The minimum Gasteiger partial charge on any atom is -0.482 e. The molecule has 0 fully saturated rings. The molecule has 1 amide bonds. The van der Waals surface area contributed by atoms with Gasteiger partial charge in [0.1, 0.15) is 23.4 Å². The molecule has 18 heavy (non-hydrogen) atoms. The van der Waals surface area contributed by atoms with Crippen LogP contribution in [0, 0.1) is 0 Å². The number of nitrogens with zero attached hydrogens (tertiary/aromatic N) is 1. The van der Waals surface area contributed by atoms with Gasteiger partial charge < -0.3 is 10.1 Å².